The Labute approximate surface area is 108 Å². The number of benzene rings is 1. The first-order valence-electron chi connectivity index (χ1n) is 6.62. The van der Waals surface area contributed by atoms with Gasteiger partial charge in [-0.1, -0.05) is 18.9 Å². The minimum atomic E-state index is -0.440. The van der Waals surface area contributed by atoms with Crippen molar-refractivity contribution in [1.82, 2.24) is 5.32 Å². The van der Waals surface area contributed by atoms with Crippen molar-refractivity contribution in [1.29, 1.82) is 5.26 Å². The molecule has 0 bridgehead atoms. The van der Waals surface area contributed by atoms with Crippen LogP contribution in [-0.4, -0.2) is 6.04 Å². The van der Waals surface area contributed by atoms with E-state index in [1.807, 2.05) is 6.07 Å². The molecular formula is C15H19FN2. The van der Waals surface area contributed by atoms with Crippen LogP contribution in [0.25, 0.3) is 0 Å². The predicted molar refractivity (Wildman–Crippen MR) is 69.4 cm³/mol. The van der Waals surface area contributed by atoms with Crippen LogP contribution in [-0.2, 0) is 6.54 Å². The first-order valence-corrected chi connectivity index (χ1v) is 6.62. The minimum absolute atomic E-state index is 0.128. The highest BCUT2D eigenvalue weighted by Gasteiger charge is 2.20. The summed E-state index contributed by atoms with van der Waals surface area (Å²) < 4.78 is 13.2. The van der Waals surface area contributed by atoms with E-state index < -0.39 is 5.82 Å². The van der Waals surface area contributed by atoms with Gasteiger partial charge in [-0.25, -0.2) is 4.39 Å². The lowest BCUT2D eigenvalue weighted by Crippen LogP contribution is -2.31. The van der Waals surface area contributed by atoms with E-state index in [2.05, 4.69) is 12.2 Å². The van der Waals surface area contributed by atoms with Crippen LogP contribution in [0.3, 0.4) is 0 Å². The van der Waals surface area contributed by atoms with Crippen molar-refractivity contribution < 1.29 is 4.39 Å². The summed E-state index contributed by atoms with van der Waals surface area (Å²) in [6.45, 7) is 2.91. The Kier molecular flexibility index (Phi) is 4.33. The quantitative estimate of drug-likeness (QED) is 0.884. The van der Waals surface area contributed by atoms with Crippen molar-refractivity contribution in [2.75, 3.05) is 0 Å². The topological polar surface area (TPSA) is 35.8 Å². The van der Waals surface area contributed by atoms with E-state index in [0.717, 1.165) is 11.5 Å². The molecule has 1 fully saturated rings. The predicted octanol–water partition coefficient (Wildman–Crippen LogP) is 3.37. The Morgan fingerprint density at radius 2 is 2.17 bits per heavy atom. The van der Waals surface area contributed by atoms with E-state index in [-0.39, 0.29) is 5.56 Å². The number of halogens is 1. The zero-order chi connectivity index (χ0) is 13.0. The van der Waals surface area contributed by atoms with Gasteiger partial charge in [0.15, 0.2) is 0 Å². The summed E-state index contributed by atoms with van der Waals surface area (Å²) >= 11 is 0. The van der Waals surface area contributed by atoms with E-state index in [1.54, 1.807) is 12.1 Å². The van der Waals surface area contributed by atoms with Gasteiger partial charge in [-0.2, -0.15) is 5.26 Å². The summed E-state index contributed by atoms with van der Waals surface area (Å²) in [5, 5.41) is 12.3. The molecule has 0 aliphatic heterocycles. The van der Waals surface area contributed by atoms with Gasteiger partial charge in [0.05, 0.1) is 5.56 Å². The summed E-state index contributed by atoms with van der Waals surface area (Å²) in [6.07, 6.45) is 5.29. The van der Waals surface area contributed by atoms with E-state index in [4.69, 9.17) is 5.26 Å². The molecule has 1 aromatic rings. The van der Waals surface area contributed by atoms with E-state index in [9.17, 15) is 4.39 Å². The molecule has 0 heterocycles. The van der Waals surface area contributed by atoms with Gasteiger partial charge in [-0.3, -0.25) is 0 Å². The first-order chi connectivity index (χ1) is 8.70. The smallest absolute Gasteiger partial charge is 0.140 e. The second kappa shape index (κ2) is 5.97. The van der Waals surface area contributed by atoms with E-state index in [1.165, 1.54) is 31.7 Å². The summed E-state index contributed by atoms with van der Waals surface area (Å²) in [5.41, 5.74) is 1.10. The molecule has 18 heavy (non-hydrogen) atoms. The normalized spacial score (nSPS) is 17.6. The van der Waals surface area contributed by atoms with Gasteiger partial charge in [-0.15, -0.1) is 0 Å². The van der Waals surface area contributed by atoms with Crippen LogP contribution in [0.15, 0.2) is 18.2 Å². The van der Waals surface area contributed by atoms with Crippen molar-refractivity contribution >= 4 is 0 Å². The first kappa shape index (κ1) is 13.0. The molecule has 2 rings (SSSR count). The molecule has 2 nitrogen and oxygen atoms in total. The summed E-state index contributed by atoms with van der Waals surface area (Å²) in [4.78, 5) is 0. The average molecular weight is 246 g/mol. The minimum Gasteiger partial charge on any atom is -0.310 e. The third kappa shape index (κ3) is 3.08. The van der Waals surface area contributed by atoms with Gasteiger partial charge < -0.3 is 5.32 Å². The van der Waals surface area contributed by atoms with E-state index >= 15 is 0 Å². The fourth-order valence-corrected chi connectivity index (χ4v) is 2.67. The Morgan fingerprint density at radius 3 is 2.83 bits per heavy atom. The molecule has 0 saturated heterocycles. The molecule has 3 heteroatoms. The Hall–Kier alpha value is -1.40. The molecule has 0 aromatic heterocycles. The lowest BCUT2D eigenvalue weighted by atomic mass is 9.99. The SMILES string of the molecule is C[C@@H](NCc1ccc(F)c(C#N)c1)C1CCCC1. The van der Waals surface area contributed by atoms with Crippen molar-refractivity contribution in [3.05, 3.63) is 35.1 Å². The lowest BCUT2D eigenvalue weighted by molar-refractivity contribution is 0.380. The average Bonchev–Trinajstić information content (AvgIpc) is 2.91. The number of hydrogen-bond acceptors (Lipinski definition) is 2. The summed E-state index contributed by atoms with van der Waals surface area (Å²) in [6, 6.07) is 7.10. The second-order valence-electron chi connectivity index (χ2n) is 5.14. The number of nitriles is 1. The largest absolute Gasteiger partial charge is 0.310 e. The maximum atomic E-state index is 13.2. The summed E-state index contributed by atoms with van der Waals surface area (Å²) in [7, 11) is 0. The maximum Gasteiger partial charge on any atom is 0.140 e. The highest BCUT2D eigenvalue weighted by Crippen LogP contribution is 2.27. The fourth-order valence-electron chi connectivity index (χ4n) is 2.67. The second-order valence-corrected chi connectivity index (χ2v) is 5.14. The van der Waals surface area contributed by atoms with Crippen LogP contribution >= 0.6 is 0 Å². The molecule has 1 atom stereocenters. The molecule has 0 unspecified atom stereocenters. The molecule has 1 aliphatic carbocycles. The number of rotatable bonds is 4. The van der Waals surface area contributed by atoms with Gasteiger partial charge in [0.2, 0.25) is 0 Å². The Balaban J connectivity index is 1.91. The molecular weight excluding hydrogens is 227 g/mol. The molecule has 0 radical (unpaired) electrons. The molecule has 1 N–H and O–H groups in total. The van der Waals surface area contributed by atoms with Gasteiger partial charge in [0.25, 0.3) is 0 Å². The van der Waals surface area contributed by atoms with Gasteiger partial charge >= 0.3 is 0 Å². The number of nitrogens with one attached hydrogen (secondary N) is 1. The summed E-state index contributed by atoms with van der Waals surface area (Å²) in [5.74, 6) is 0.325. The Bertz CT molecular complexity index is 444. The van der Waals surface area contributed by atoms with Crippen LogP contribution < -0.4 is 5.32 Å². The van der Waals surface area contributed by atoms with E-state index in [0.29, 0.717) is 12.6 Å². The lowest BCUT2D eigenvalue weighted by Gasteiger charge is -2.20. The van der Waals surface area contributed by atoms with Gasteiger partial charge in [0, 0.05) is 12.6 Å². The molecule has 0 amide bonds. The zero-order valence-electron chi connectivity index (χ0n) is 10.7. The highest BCUT2D eigenvalue weighted by atomic mass is 19.1. The van der Waals surface area contributed by atoms with Crippen molar-refractivity contribution in [3.8, 4) is 6.07 Å². The van der Waals surface area contributed by atoms with Crippen LogP contribution in [0.4, 0.5) is 4.39 Å². The highest BCUT2D eigenvalue weighted by molar-refractivity contribution is 5.34. The zero-order valence-corrected chi connectivity index (χ0v) is 10.7. The van der Waals surface area contributed by atoms with Gasteiger partial charge in [-0.05, 0) is 43.4 Å². The van der Waals surface area contributed by atoms with Crippen molar-refractivity contribution in [2.24, 2.45) is 5.92 Å². The van der Waals surface area contributed by atoms with Crippen LogP contribution in [0.5, 0.6) is 0 Å². The number of hydrogen-bond donors (Lipinski definition) is 1. The maximum absolute atomic E-state index is 13.2. The van der Waals surface area contributed by atoms with Crippen molar-refractivity contribution in [3.63, 3.8) is 0 Å². The monoisotopic (exact) mass is 246 g/mol. The molecule has 1 aromatic carbocycles. The van der Waals surface area contributed by atoms with Crippen LogP contribution in [0.1, 0.15) is 43.7 Å². The standard InChI is InChI=1S/C15H19FN2/c1-11(13-4-2-3-5-13)18-10-12-6-7-15(16)14(8-12)9-17/h6-8,11,13,18H,2-5,10H2,1H3/t11-/m1/s1. The molecule has 1 saturated carbocycles. The third-order valence-electron chi connectivity index (χ3n) is 3.89. The van der Waals surface area contributed by atoms with Crippen LogP contribution in [0, 0.1) is 23.1 Å². The molecule has 96 valence electrons. The Morgan fingerprint density at radius 1 is 1.44 bits per heavy atom. The molecule has 0 spiro atoms. The number of nitrogens with zero attached hydrogens (tertiary/aromatic N) is 1. The van der Waals surface area contributed by atoms with Crippen LogP contribution in [0.2, 0.25) is 0 Å². The molecule has 1 aliphatic rings. The third-order valence-corrected chi connectivity index (χ3v) is 3.89. The van der Waals surface area contributed by atoms with Crippen molar-refractivity contribution in [2.45, 2.75) is 45.2 Å². The fraction of sp³-hybridized carbons (Fsp3) is 0.533. The van der Waals surface area contributed by atoms with Gasteiger partial charge in [0.1, 0.15) is 11.9 Å².